The summed E-state index contributed by atoms with van der Waals surface area (Å²) < 4.78 is 5.28. The number of nitrogens with zero attached hydrogens (tertiary/aromatic N) is 1. The molecule has 2 fully saturated rings. The molecule has 0 bridgehead atoms. The van der Waals surface area contributed by atoms with Crippen LogP contribution >= 0.6 is 0 Å². The van der Waals surface area contributed by atoms with Crippen molar-refractivity contribution in [2.75, 3.05) is 0 Å². The number of carbonyl (C=O) groups excluding carboxylic acids is 2. The molecular formula is C16H19NO4. The molecule has 112 valence electrons. The van der Waals surface area contributed by atoms with Gasteiger partial charge in [-0.25, -0.2) is 4.79 Å². The molecule has 0 aromatic heterocycles. The molecule has 1 aromatic rings. The van der Waals surface area contributed by atoms with E-state index in [0.29, 0.717) is 6.42 Å². The number of fused-ring (bicyclic) bond motifs is 1. The monoisotopic (exact) mass is 289 g/mol. The van der Waals surface area contributed by atoms with E-state index in [4.69, 9.17) is 4.74 Å². The largest absolute Gasteiger partial charge is 0.459 e. The number of esters is 1. The van der Waals surface area contributed by atoms with Gasteiger partial charge in [0.05, 0.1) is 6.10 Å². The van der Waals surface area contributed by atoms with E-state index in [9.17, 15) is 14.7 Å². The summed E-state index contributed by atoms with van der Waals surface area (Å²) in [5, 5.41) is 10.4. The van der Waals surface area contributed by atoms with Crippen LogP contribution in [0.5, 0.6) is 0 Å². The highest BCUT2D eigenvalue weighted by Crippen LogP contribution is 2.48. The maximum absolute atomic E-state index is 12.3. The maximum atomic E-state index is 12.3. The first kappa shape index (κ1) is 14.1. The predicted octanol–water partition coefficient (Wildman–Crippen LogP) is 1.10. The Kier molecular flexibility index (Phi) is 3.24. The molecule has 0 saturated carbocycles. The molecular weight excluding hydrogens is 270 g/mol. The van der Waals surface area contributed by atoms with Crippen LogP contribution in [0.25, 0.3) is 0 Å². The van der Waals surface area contributed by atoms with Crippen molar-refractivity contribution < 1.29 is 19.4 Å². The lowest BCUT2D eigenvalue weighted by atomic mass is 9.78. The van der Waals surface area contributed by atoms with Crippen LogP contribution in [0.2, 0.25) is 0 Å². The Bertz CT molecular complexity index is 569. The van der Waals surface area contributed by atoms with Crippen LogP contribution in [0, 0.1) is 5.41 Å². The quantitative estimate of drug-likeness (QED) is 0.668. The number of amides is 1. The molecule has 5 nitrogen and oxygen atoms in total. The average Bonchev–Trinajstić information content (AvgIpc) is 2.63. The summed E-state index contributed by atoms with van der Waals surface area (Å²) in [5.74, 6) is -0.624. The number of hydrogen-bond donors (Lipinski definition) is 1. The second-order valence-corrected chi connectivity index (χ2v) is 6.33. The highest BCUT2D eigenvalue weighted by atomic mass is 16.5. The average molecular weight is 289 g/mol. The topological polar surface area (TPSA) is 66.8 Å². The van der Waals surface area contributed by atoms with Crippen molar-refractivity contribution in [1.82, 2.24) is 4.90 Å². The number of hydrogen-bond acceptors (Lipinski definition) is 4. The summed E-state index contributed by atoms with van der Waals surface area (Å²) in [6, 6.07) is 8.39. The van der Waals surface area contributed by atoms with Crippen LogP contribution in [-0.4, -0.2) is 40.1 Å². The third kappa shape index (κ3) is 2.12. The van der Waals surface area contributed by atoms with Gasteiger partial charge >= 0.3 is 5.97 Å². The third-order valence-corrected chi connectivity index (χ3v) is 4.68. The molecule has 5 heteroatoms. The Labute approximate surface area is 123 Å². The Morgan fingerprint density at radius 2 is 2.05 bits per heavy atom. The Hall–Kier alpha value is -1.88. The molecule has 2 aliphatic rings. The lowest BCUT2D eigenvalue weighted by Gasteiger charge is -2.41. The van der Waals surface area contributed by atoms with Crippen molar-refractivity contribution in [3.63, 3.8) is 0 Å². The van der Waals surface area contributed by atoms with E-state index in [-0.39, 0.29) is 18.6 Å². The van der Waals surface area contributed by atoms with Crippen LogP contribution in [0.1, 0.15) is 25.8 Å². The molecule has 2 heterocycles. The first-order valence-corrected chi connectivity index (χ1v) is 7.12. The molecule has 3 atom stereocenters. The van der Waals surface area contributed by atoms with E-state index in [0.717, 1.165) is 5.56 Å². The molecule has 2 aliphatic heterocycles. The molecule has 3 rings (SSSR count). The SMILES string of the molecule is CC1(C)C(O)C(C(=O)OCc2ccccc2)N2C(=O)C[C@H]21. The van der Waals surface area contributed by atoms with Crippen LogP contribution < -0.4 is 0 Å². The molecule has 1 N–H and O–H groups in total. The Balaban J connectivity index is 1.71. The number of ether oxygens (including phenoxy) is 1. The fourth-order valence-corrected chi connectivity index (χ4v) is 3.21. The molecule has 2 unspecified atom stereocenters. The minimum absolute atomic E-state index is 0.0747. The van der Waals surface area contributed by atoms with E-state index >= 15 is 0 Å². The van der Waals surface area contributed by atoms with Gasteiger partial charge < -0.3 is 14.7 Å². The van der Waals surface area contributed by atoms with Gasteiger partial charge in [-0.05, 0) is 5.56 Å². The van der Waals surface area contributed by atoms with E-state index in [1.807, 2.05) is 44.2 Å². The molecule has 1 aromatic carbocycles. The fourth-order valence-electron chi connectivity index (χ4n) is 3.21. The number of benzene rings is 1. The van der Waals surface area contributed by atoms with Gasteiger partial charge in [0, 0.05) is 17.9 Å². The van der Waals surface area contributed by atoms with Gasteiger partial charge in [0.1, 0.15) is 6.61 Å². The highest BCUT2D eigenvalue weighted by molar-refractivity contribution is 5.91. The number of aliphatic hydroxyl groups is 1. The van der Waals surface area contributed by atoms with Gasteiger partial charge in [-0.3, -0.25) is 4.79 Å². The molecule has 21 heavy (non-hydrogen) atoms. The van der Waals surface area contributed by atoms with Gasteiger partial charge in [-0.15, -0.1) is 0 Å². The van der Waals surface area contributed by atoms with Crippen molar-refractivity contribution >= 4 is 11.9 Å². The van der Waals surface area contributed by atoms with Crippen LogP contribution in [0.4, 0.5) is 0 Å². The molecule has 0 spiro atoms. The summed E-state index contributed by atoms with van der Waals surface area (Å²) in [6.45, 7) is 3.91. The summed E-state index contributed by atoms with van der Waals surface area (Å²) in [4.78, 5) is 25.5. The third-order valence-electron chi connectivity index (χ3n) is 4.68. The minimum atomic E-state index is -0.891. The maximum Gasteiger partial charge on any atom is 0.331 e. The van der Waals surface area contributed by atoms with Crippen LogP contribution in [0.15, 0.2) is 30.3 Å². The lowest BCUT2D eigenvalue weighted by molar-refractivity contribution is -0.163. The normalized spacial score (nSPS) is 29.8. The predicted molar refractivity (Wildman–Crippen MR) is 75.1 cm³/mol. The number of carbonyl (C=O) groups is 2. The number of aliphatic hydroxyl groups excluding tert-OH is 1. The van der Waals surface area contributed by atoms with Gasteiger partial charge in [-0.2, -0.15) is 0 Å². The second kappa shape index (κ2) is 4.84. The lowest BCUT2D eigenvalue weighted by Crippen LogP contribution is -2.57. The van der Waals surface area contributed by atoms with Crippen molar-refractivity contribution in [3.8, 4) is 0 Å². The standard InChI is InChI=1S/C16H19NO4/c1-16(2)11-8-12(18)17(11)13(14(16)19)15(20)21-9-10-6-4-3-5-7-10/h3-7,11,13-14,19H,8-9H2,1-2H3/t11-,13?,14?/m0/s1. The number of β-lactam (4-membered cyclic amide) rings is 1. The summed E-state index contributed by atoms with van der Waals surface area (Å²) in [6.07, 6.45) is -0.496. The van der Waals surface area contributed by atoms with Crippen molar-refractivity contribution in [1.29, 1.82) is 0 Å². The van der Waals surface area contributed by atoms with E-state index in [1.54, 1.807) is 0 Å². The van der Waals surface area contributed by atoms with Crippen LogP contribution in [-0.2, 0) is 20.9 Å². The first-order chi connectivity index (χ1) is 9.93. The minimum Gasteiger partial charge on any atom is -0.459 e. The van der Waals surface area contributed by atoms with Gasteiger partial charge in [0.15, 0.2) is 6.04 Å². The molecule has 1 amide bonds. The Morgan fingerprint density at radius 3 is 2.67 bits per heavy atom. The smallest absolute Gasteiger partial charge is 0.331 e. The zero-order valence-electron chi connectivity index (χ0n) is 12.2. The zero-order valence-corrected chi connectivity index (χ0v) is 12.2. The molecule has 2 saturated heterocycles. The van der Waals surface area contributed by atoms with E-state index < -0.39 is 23.5 Å². The van der Waals surface area contributed by atoms with Crippen LogP contribution in [0.3, 0.4) is 0 Å². The summed E-state index contributed by atoms with van der Waals surface area (Å²) in [5.41, 5.74) is 0.397. The van der Waals surface area contributed by atoms with Crippen molar-refractivity contribution in [2.24, 2.45) is 5.41 Å². The first-order valence-electron chi connectivity index (χ1n) is 7.12. The fraction of sp³-hybridized carbons (Fsp3) is 0.500. The van der Waals surface area contributed by atoms with Gasteiger partial charge in [0.2, 0.25) is 5.91 Å². The van der Waals surface area contributed by atoms with Crippen molar-refractivity contribution in [2.45, 2.75) is 45.1 Å². The number of rotatable bonds is 3. The molecule has 0 radical (unpaired) electrons. The Morgan fingerprint density at radius 1 is 1.38 bits per heavy atom. The highest BCUT2D eigenvalue weighted by Gasteiger charge is 2.63. The van der Waals surface area contributed by atoms with Gasteiger partial charge in [-0.1, -0.05) is 44.2 Å². The van der Waals surface area contributed by atoms with Gasteiger partial charge in [0.25, 0.3) is 0 Å². The summed E-state index contributed by atoms with van der Waals surface area (Å²) in [7, 11) is 0. The van der Waals surface area contributed by atoms with E-state index in [1.165, 1.54) is 4.90 Å². The summed E-state index contributed by atoms with van der Waals surface area (Å²) >= 11 is 0. The zero-order chi connectivity index (χ0) is 15.2. The molecule has 0 aliphatic carbocycles. The van der Waals surface area contributed by atoms with Crippen molar-refractivity contribution in [3.05, 3.63) is 35.9 Å². The second-order valence-electron chi connectivity index (χ2n) is 6.33. The van der Waals surface area contributed by atoms with E-state index in [2.05, 4.69) is 0 Å².